The number of benzene rings is 1. The first-order valence-electron chi connectivity index (χ1n) is 4.98. The second-order valence-electron chi connectivity index (χ2n) is 3.20. The molecule has 0 radical (unpaired) electrons. The minimum atomic E-state index is 0.757. The Morgan fingerprint density at radius 3 is 2.43 bits per heavy atom. The maximum atomic E-state index is 5.50. The summed E-state index contributed by atoms with van der Waals surface area (Å²) in [6.45, 7) is 4.99. The van der Waals surface area contributed by atoms with E-state index in [0.29, 0.717) is 0 Å². The summed E-state index contributed by atoms with van der Waals surface area (Å²) in [5.74, 6) is 0. The fourth-order valence-corrected chi connectivity index (χ4v) is 1.67. The summed E-state index contributed by atoms with van der Waals surface area (Å²) in [4.78, 5) is 2.33. The van der Waals surface area contributed by atoms with Gasteiger partial charge in [-0.25, -0.2) is 0 Å². The smallest absolute Gasteiger partial charge is 0.0366 e. The number of halogens is 1. The molecule has 1 aromatic carbocycles. The van der Waals surface area contributed by atoms with Gasteiger partial charge in [-0.1, -0.05) is 15.9 Å². The molecule has 0 aliphatic rings. The summed E-state index contributed by atoms with van der Waals surface area (Å²) in [5.41, 5.74) is 6.77. The van der Waals surface area contributed by atoms with Crippen LogP contribution in [-0.2, 0) is 0 Å². The Morgan fingerprint density at radius 2 is 1.93 bits per heavy atom. The van der Waals surface area contributed by atoms with E-state index >= 15 is 0 Å². The number of nitrogens with two attached hydrogens (primary N) is 1. The van der Waals surface area contributed by atoms with Gasteiger partial charge in [0.2, 0.25) is 0 Å². The molecule has 78 valence electrons. The first-order chi connectivity index (χ1) is 6.77. The van der Waals surface area contributed by atoms with Gasteiger partial charge in [0, 0.05) is 23.2 Å². The van der Waals surface area contributed by atoms with Crippen molar-refractivity contribution in [2.24, 2.45) is 5.73 Å². The molecule has 0 heterocycles. The molecular weight excluding hydrogens is 240 g/mol. The van der Waals surface area contributed by atoms with Gasteiger partial charge in [0.05, 0.1) is 0 Å². The first kappa shape index (κ1) is 11.5. The summed E-state index contributed by atoms with van der Waals surface area (Å²) >= 11 is 3.43. The number of rotatable bonds is 5. The highest BCUT2D eigenvalue weighted by atomic mass is 79.9. The quantitative estimate of drug-likeness (QED) is 0.878. The lowest BCUT2D eigenvalue weighted by Gasteiger charge is -2.22. The van der Waals surface area contributed by atoms with Crippen LogP contribution in [0.1, 0.15) is 13.3 Å². The minimum absolute atomic E-state index is 0.757. The molecule has 0 fully saturated rings. The molecule has 2 nitrogen and oxygen atoms in total. The largest absolute Gasteiger partial charge is 0.372 e. The van der Waals surface area contributed by atoms with Crippen LogP contribution in [0, 0.1) is 0 Å². The van der Waals surface area contributed by atoms with Crippen molar-refractivity contribution in [2.45, 2.75) is 13.3 Å². The van der Waals surface area contributed by atoms with Crippen LogP contribution in [0.3, 0.4) is 0 Å². The Bertz CT molecular complexity index is 258. The third kappa shape index (κ3) is 3.31. The van der Waals surface area contributed by atoms with Gasteiger partial charge in [-0.2, -0.15) is 0 Å². The highest BCUT2D eigenvalue weighted by Crippen LogP contribution is 2.18. The van der Waals surface area contributed by atoms with E-state index in [2.05, 4.69) is 52.0 Å². The molecule has 14 heavy (non-hydrogen) atoms. The number of nitrogens with zero attached hydrogens (tertiary/aromatic N) is 1. The van der Waals surface area contributed by atoms with Crippen LogP contribution in [0.5, 0.6) is 0 Å². The van der Waals surface area contributed by atoms with E-state index in [9.17, 15) is 0 Å². The van der Waals surface area contributed by atoms with Gasteiger partial charge in [-0.15, -0.1) is 0 Å². The molecule has 0 atom stereocenters. The van der Waals surface area contributed by atoms with Gasteiger partial charge in [0.25, 0.3) is 0 Å². The van der Waals surface area contributed by atoms with E-state index in [1.807, 2.05) is 0 Å². The molecule has 0 unspecified atom stereocenters. The van der Waals surface area contributed by atoms with Crippen molar-refractivity contribution in [3.63, 3.8) is 0 Å². The molecule has 0 saturated heterocycles. The summed E-state index contributed by atoms with van der Waals surface area (Å²) in [6.07, 6.45) is 1.05. The zero-order chi connectivity index (χ0) is 10.4. The topological polar surface area (TPSA) is 29.3 Å². The summed E-state index contributed by atoms with van der Waals surface area (Å²) in [7, 11) is 0. The van der Waals surface area contributed by atoms with Crippen LogP contribution in [0.25, 0.3) is 0 Å². The highest BCUT2D eigenvalue weighted by molar-refractivity contribution is 9.10. The van der Waals surface area contributed by atoms with Crippen molar-refractivity contribution >= 4 is 21.6 Å². The van der Waals surface area contributed by atoms with Crippen molar-refractivity contribution < 1.29 is 0 Å². The molecule has 0 bridgehead atoms. The van der Waals surface area contributed by atoms with Crippen molar-refractivity contribution in [3.05, 3.63) is 28.7 Å². The first-order valence-corrected chi connectivity index (χ1v) is 5.77. The van der Waals surface area contributed by atoms with E-state index < -0.39 is 0 Å². The molecule has 2 N–H and O–H groups in total. The third-order valence-corrected chi connectivity index (χ3v) is 2.73. The zero-order valence-corrected chi connectivity index (χ0v) is 10.1. The lowest BCUT2D eigenvalue weighted by Crippen LogP contribution is -2.25. The standard InChI is InChI=1S/C11H17BrN2/c1-2-14(9-3-8-13)11-6-4-10(12)5-7-11/h4-7H,2-3,8-9,13H2,1H3. The van der Waals surface area contributed by atoms with E-state index in [1.165, 1.54) is 5.69 Å². The van der Waals surface area contributed by atoms with Crippen LogP contribution in [0.4, 0.5) is 5.69 Å². The van der Waals surface area contributed by atoms with Crippen LogP contribution in [0.15, 0.2) is 28.7 Å². The van der Waals surface area contributed by atoms with Gasteiger partial charge >= 0.3 is 0 Å². The Kier molecular flexibility index (Phi) is 4.98. The monoisotopic (exact) mass is 256 g/mol. The van der Waals surface area contributed by atoms with Crippen molar-refractivity contribution in [1.29, 1.82) is 0 Å². The van der Waals surface area contributed by atoms with Gasteiger partial charge in [-0.05, 0) is 44.2 Å². The maximum absolute atomic E-state index is 5.50. The molecule has 0 aliphatic carbocycles. The highest BCUT2D eigenvalue weighted by Gasteiger charge is 2.02. The van der Waals surface area contributed by atoms with Crippen LogP contribution in [-0.4, -0.2) is 19.6 Å². The summed E-state index contributed by atoms with van der Waals surface area (Å²) in [6, 6.07) is 8.40. The minimum Gasteiger partial charge on any atom is -0.372 e. The van der Waals surface area contributed by atoms with Crippen LogP contribution >= 0.6 is 15.9 Å². The number of anilines is 1. The van der Waals surface area contributed by atoms with Crippen molar-refractivity contribution in [2.75, 3.05) is 24.5 Å². The molecule has 0 aliphatic heterocycles. The Balaban J connectivity index is 2.64. The van der Waals surface area contributed by atoms with Gasteiger partial charge in [-0.3, -0.25) is 0 Å². The third-order valence-electron chi connectivity index (χ3n) is 2.21. The second kappa shape index (κ2) is 6.04. The van der Waals surface area contributed by atoms with E-state index in [-0.39, 0.29) is 0 Å². The predicted octanol–water partition coefficient (Wildman–Crippen LogP) is 2.62. The van der Waals surface area contributed by atoms with E-state index in [0.717, 1.165) is 30.5 Å². The summed E-state index contributed by atoms with van der Waals surface area (Å²) in [5, 5.41) is 0. The molecule has 1 aromatic rings. The second-order valence-corrected chi connectivity index (χ2v) is 4.11. The molecule has 0 saturated carbocycles. The SMILES string of the molecule is CCN(CCCN)c1ccc(Br)cc1. The maximum Gasteiger partial charge on any atom is 0.0366 e. The fraction of sp³-hybridized carbons (Fsp3) is 0.455. The fourth-order valence-electron chi connectivity index (χ4n) is 1.40. The lowest BCUT2D eigenvalue weighted by atomic mass is 10.2. The van der Waals surface area contributed by atoms with Crippen molar-refractivity contribution in [3.8, 4) is 0 Å². The van der Waals surface area contributed by atoms with E-state index in [4.69, 9.17) is 5.73 Å². The average molecular weight is 257 g/mol. The Morgan fingerprint density at radius 1 is 1.29 bits per heavy atom. The number of hydrogen-bond acceptors (Lipinski definition) is 2. The molecule has 0 spiro atoms. The Hall–Kier alpha value is -0.540. The predicted molar refractivity (Wildman–Crippen MR) is 65.7 cm³/mol. The van der Waals surface area contributed by atoms with Crippen molar-refractivity contribution in [1.82, 2.24) is 0 Å². The van der Waals surface area contributed by atoms with Gasteiger partial charge in [0.1, 0.15) is 0 Å². The Labute approximate surface area is 94.2 Å². The number of hydrogen-bond donors (Lipinski definition) is 1. The average Bonchev–Trinajstić information content (AvgIpc) is 2.21. The van der Waals surface area contributed by atoms with Gasteiger partial charge < -0.3 is 10.6 Å². The van der Waals surface area contributed by atoms with Gasteiger partial charge in [0.15, 0.2) is 0 Å². The molecular formula is C11H17BrN2. The molecule has 1 rings (SSSR count). The molecule has 0 amide bonds. The normalized spacial score (nSPS) is 10.2. The summed E-state index contributed by atoms with van der Waals surface area (Å²) < 4.78 is 1.12. The zero-order valence-electron chi connectivity index (χ0n) is 8.54. The lowest BCUT2D eigenvalue weighted by molar-refractivity contribution is 0.754. The molecule has 0 aromatic heterocycles. The van der Waals surface area contributed by atoms with E-state index in [1.54, 1.807) is 0 Å². The van der Waals surface area contributed by atoms with Crippen LogP contribution < -0.4 is 10.6 Å². The van der Waals surface area contributed by atoms with Crippen LogP contribution in [0.2, 0.25) is 0 Å². The molecule has 3 heteroatoms.